The van der Waals surface area contributed by atoms with E-state index in [1.807, 2.05) is 50.2 Å². The average Bonchev–Trinajstić information content (AvgIpc) is 2.54. The minimum atomic E-state index is -0.0916. The molecule has 2 aromatic rings. The Balaban J connectivity index is 2.16. The fourth-order valence-corrected chi connectivity index (χ4v) is 2.36. The third-order valence-corrected chi connectivity index (χ3v) is 3.77. The van der Waals surface area contributed by atoms with Crippen LogP contribution < -0.4 is 14.8 Å². The molecule has 2 aromatic carbocycles. The molecule has 0 heterocycles. The van der Waals surface area contributed by atoms with Crippen LogP contribution in [0.1, 0.15) is 27.0 Å². The van der Waals surface area contributed by atoms with Crippen molar-refractivity contribution in [2.24, 2.45) is 0 Å². The van der Waals surface area contributed by atoms with Crippen molar-refractivity contribution in [3.63, 3.8) is 0 Å². The number of nitrogens with one attached hydrogen (secondary N) is 1. The highest BCUT2D eigenvalue weighted by atomic mass is 16.5. The molecule has 0 bridgehead atoms. The summed E-state index contributed by atoms with van der Waals surface area (Å²) in [6, 6.07) is 11.3. The van der Waals surface area contributed by atoms with Gasteiger partial charge in [-0.05, 0) is 37.1 Å². The first kappa shape index (κ1) is 15.9. The molecule has 0 spiro atoms. The lowest BCUT2D eigenvalue weighted by atomic mass is 10.0. The van der Waals surface area contributed by atoms with Crippen LogP contribution in [0.3, 0.4) is 0 Å². The Kier molecular flexibility index (Phi) is 5.04. The van der Waals surface area contributed by atoms with Crippen LogP contribution >= 0.6 is 0 Å². The van der Waals surface area contributed by atoms with Crippen molar-refractivity contribution < 1.29 is 14.3 Å². The molecular formula is C18H21NO3. The average molecular weight is 299 g/mol. The van der Waals surface area contributed by atoms with Gasteiger partial charge in [-0.2, -0.15) is 0 Å². The summed E-state index contributed by atoms with van der Waals surface area (Å²) in [5.41, 5.74) is 3.67. The Labute approximate surface area is 131 Å². The first-order chi connectivity index (χ1) is 10.6. The number of carbonyl (C=O) groups is 1. The van der Waals surface area contributed by atoms with Crippen LogP contribution in [0.5, 0.6) is 11.5 Å². The second-order valence-electron chi connectivity index (χ2n) is 5.08. The lowest BCUT2D eigenvalue weighted by Crippen LogP contribution is -2.24. The number of para-hydroxylation sites is 1. The normalized spacial score (nSPS) is 10.2. The smallest absolute Gasteiger partial charge is 0.251 e. The highest BCUT2D eigenvalue weighted by molar-refractivity contribution is 5.95. The molecule has 1 amide bonds. The number of methoxy groups -OCH3 is 2. The number of benzene rings is 2. The van der Waals surface area contributed by atoms with Gasteiger partial charge in [0.1, 0.15) is 0 Å². The molecule has 0 fully saturated rings. The van der Waals surface area contributed by atoms with Gasteiger partial charge in [0.05, 0.1) is 14.2 Å². The Morgan fingerprint density at radius 1 is 1.05 bits per heavy atom. The number of ether oxygens (including phenoxy) is 2. The second-order valence-corrected chi connectivity index (χ2v) is 5.08. The van der Waals surface area contributed by atoms with Gasteiger partial charge in [-0.3, -0.25) is 4.79 Å². The van der Waals surface area contributed by atoms with Crippen LogP contribution in [-0.2, 0) is 6.54 Å². The number of aryl methyl sites for hydroxylation is 1. The third-order valence-electron chi connectivity index (χ3n) is 3.77. The molecule has 2 rings (SSSR count). The van der Waals surface area contributed by atoms with Gasteiger partial charge in [0.25, 0.3) is 5.91 Å². The van der Waals surface area contributed by atoms with Gasteiger partial charge in [-0.25, -0.2) is 0 Å². The molecule has 0 aliphatic rings. The van der Waals surface area contributed by atoms with E-state index < -0.39 is 0 Å². The van der Waals surface area contributed by atoms with Crippen molar-refractivity contribution in [1.82, 2.24) is 5.32 Å². The zero-order valence-electron chi connectivity index (χ0n) is 13.4. The maximum absolute atomic E-state index is 12.4. The van der Waals surface area contributed by atoms with Gasteiger partial charge < -0.3 is 14.8 Å². The lowest BCUT2D eigenvalue weighted by Gasteiger charge is -2.14. The molecular weight excluding hydrogens is 278 g/mol. The molecule has 0 atom stereocenters. The van der Waals surface area contributed by atoms with Crippen LogP contribution in [0, 0.1) is 13.8 Å². The maximum atomic E-state index is 12.4. The summed E-state index contributed by atoms with van der Waals surface area (Å²) in [6.45, 7) is 4.33. The first-order valence-electron chi connectivity index (χ1n) is 7.12. The summed E-state index contributed by atoms with van der Waals surface area (Å²) in [5.74, 6) is 1.21. The molecule has 4 heteroatoms. The number of amides is 1. The summed E-state index contributed by atoms with van der Waals surface area (Å²) in [4.78, 5) is 12.4. The van der Waals surface area contributed by atoms with Crippen molar-refractivity contribution >= 4 is 5.91 Å². The molecule has 4 nitrogen and oxygen atoms in total. The van der Waals surface area contributed by atoms with Gasteiger partial charge in [0.15, 0.2) is 11.5 Å². The van der Waals surface area contributed by atoms with E-state index in [1.54, 1.807) is 14.2 Å². The number of hydrogen-bond acceptors (Lipinski definition) is 3. The molecule has 0 aromatic heterocycles. The minimum Gasteiger partial charge on any atom is -0.493 e. The van der Waals surface area contributed by atoms with Crippen LogP contribution in [0.15, 0.2) is 36.4 Å². The second kappa shape index (κ2) is 6.98. The van der Waals surface area contributed by atoms with E-state index in [-0.39, 0.29) is 5.91 Å². The largest absolute Gasteiger partial charge is 0.493 e. The summed E-state index contributed by atoms with van der Waals surface area (Å²) in [5, 5.41) is 2.93. The van der Waals surface area contributed by atoms with E-state index in [1.165, 1.54) is 0 Å². The molecule has 116 valence electrons. The monoisotopic (exact) mass is 299 g/mol. The van der Waals surface area contributed by atoms with Crippen LogP contribution in [0.2, 0.25) is 0 Å². The molecule has 0 radical (unpaired) electrons. The van der Waals surface area contributed by atoms with E-state index >= 15 is 0 Å². The molecule has 1 N–H and O–H groups in total. The van der Waals surface area contributed by atoms with Gasteiger partial charge >= 0.3 is 0 Å². The van der Waals surface area contributed by atoms with Crippen molar-refractivity contribution in [1.29, 1.82) is 0 Å². The van der Waals surface area contributed by atoms with Crippen molar-refractivity contribution in [2.75, 3.05) is 14.2 Å². The standard InChI is InChI=1S/C18H21NO3/c1-12-7-5-9-15(13(12)2)18(20)19-11-14-8-6-10-16(21-3)17(14)22-4/h5-10H,11H2,1-4H3,(H,19,20). The van der Waals surface area contributed by atoms with Gasteiger partial charge in [0, 0.05) is 17.7 Å². The molecule has 0 aliphatic carbocycles. The minimum absolute atomic E-state index is 0.0916. The van der Waals surface area contributed by atoms with E-state index in [0.717, 1.165) is 16.7 Å². The molecule has 0 unspecified atom stereocenters. The molecule has 0 saturated carbocycles. The maximum Gasteiger partial charge on any atom is 0.251 e. The van der Waals surface area contributed by atoms with Crippen LogP contribution in [0.25, 0.3) is 0 Å². The predicted molar refractivity (Wildman–Crippen MR) is 86.6 cm³/mol. The fraction of sp³-hybridized carbons (Fsp3) is 0.278. The quantitative estimate of drug-likeness (QED) is 0.922. The van der Waals surface area contributed by atoms with Gasteiger partial charge in [-0.15, -0.1) is 0 Å². The van der Waals surface area contributed by atoms with E-state index in [0.29, 0.717) is 23.6 Å². The summed E-state index contributed by atoms with van der Waals surface area (Å²) in [7, 11) is 3.18. The summed E-state index contributed by atoms with van der Waals surface area (Å²) >= 11 is 0. The summed E-state index contributed by atoms with van der Waals surface area (Å²) in [6.07, 6.45) is 0. The molecule has 0 aliphatic heterocycles. The number of rotatable bonds is 5. The lowest BCUT2D eigenvalue weighted by molar-refractivity contribution is 0.0950. The zero-order chi connectivity index (χ0) is 16.1. The Hall–Kier alpha value is -2.49. The highest BCUT2D eigenvalue weighted by Crippen LogP contribution is 2.30. The predicted octanol–water partition coefficient (Wildman–Crippen LogP) is 3.25. The number of carbonyl (C=O) groups excluding carboxylic acids is 1. The molecule has 22 heavy (non-hydrogen) atoms. The Bertz CT molecular complexity index is 680. The van der Waals surface area contributed by atoms with Gasteiger partial charge in [0.2, 0.25) is 0 Å². The van der Waals surface area contributed by atoms with Crippen LogP contribution in [0.4, 0.5) is 0 Å². The SMILES string of the molecule is COc1cccc(CNC(=O)c2cccc(C)c2C)c1OC. The Morgan fingerprint density at radius 2 is 1.77 bits per heavy atom. The van der Waals surface area contributed by atoms with E-state index in [2.05, 4.69) is 5.32 Å². The fourth-order valence-electron chi connectivity index (χ4n) is 2.36. The van der Waals surface area contributed by atoms with E-state index in [9.17, 15) is 4.79 Å². The first-order valence-corrected chi connectivity index (χ1v) is 7.12. The molecule has 0 saturated heterocycles. The number of hydrogen-bond donors (Lipinski definition) is 1. The van der Waals surface area contributed by atoms with E-state index in [4.69, 9.17) is 9.47 Å². The zero-order valence-corrected chi connectivity index (χ0v) is 13.4. The van der Waals surface area contributed by atoms with Crippen molar-refractivity contribution in [3.05, 3.63) is 58.7 Å². The topological polar surface area (TPSA) is 47.6 Å². The van der Waals surface area contributed by atoms with Crippen molar-refractivity contribution in [2.45, 2.75) is 20.4 Å². The highest BCUT2D eigenvalue weighted by Gasteiger charge is 2.13. The van der Waals surface area contributed by atoms with Crippen LogP contribution in [-0.4, -0.2) is 20.1 Å². The Morgan fingerprint density at radius 3 is 2.45 bits per heavy atom. The van der Waals surface area contributed by atoms with Crippen molar-refractivity contribution in [3.8, 4) is 11.5 Å². The summed E-state index contributed by atoms with van der Waals surface area (Å²) < 4.78 is 10.6. The third kappa shape index (κ3) is 3.22. The van der Waals surface area contributed by atoms with Gasteiger partial charge in [-0.1, -0.05) is 24.3 Å².